The number of hydrogen-bond donors (Lipinski definition) is 5. The zero-order valence-electron chi connectivity index (χ0n) is 26.2. The fourth-order valence-electron chi connectivity index (χ4n) is 6.22. The highest BCUT2D eigenvalue weighted by molar-refractivity contribution is 5.98. The van der Waals surface area contributed by atoms with Crippen molar-refractivity contribution in [3.8, 4) is 0 Å². The Morgan fingerprint density at radius 1 is 1.02 bits per heavy atom. The summed E-state index contributed by atoms with van der Waals surface area (Å²) in [5.41, 5.74) is -5.38. The van der Waals surface area contributed by atoms with Crippen LogP contribution in [0.1, 0.15) is 65.9 Å². The third-order valence-electron chi connectivity index (χ3n) is 8.71. The van der Waals surface area contributed by atoms with Crippen molar-refractivity contribution in [2.24, 2.45) is 17.8 Å². The van der Waals surface area contributed by atoms with E-state index < -0.39 is 65.6 Å². The van der Waals surface area contributed by atoms with Crippen LogP contribution in [-0.2, 0) is 39.8 Å². The highest BCUT2D eigenvalue weighted by atomic mass is 16.8. The molecule has 0 amide bonds. The quantitative estimate of drug-likeness (QED) is 0.108. The Morgan fingerprint density at radius 3 is 2.22 bits per heavy atom. The Bertz CT molecular complexity index is 1310. The molecule has 2 heterocycles. The van der Waals surface area contributed by atoms with E-state index in [9.17, 15) is 44.7 Å². The molecule has 2 aliphatic heterocycles. The van der Waals surface area contributed by atoms with Crippen molar-refractivity contribution in [2.75, 3.05) is 0 Å². The second kappa shape index (κ2) is 14.2. The molecule has 2 aliphatic rings. The number of allylic oxidation sites excluding steroid dienone is 2. The molecule has 45 heavy (non-hydrogen) atoms. The van der Waals surface area contributed by atoms with Gasteiger partial charge >= 0.3 is 23.9 Å². The van der Waals surface area contributed by atoms with Crippen molar-refractivity contribution >= 4 is 23.9 Å². The van der Waals surface area contributed by atoms with Crippen LogP contribution in [-0.4, -0.2) is 84.7 Å². The van der Waals surface area contributed by atoms with Crippen molar-refractivity contribution in [3.05, 3.63) is 59.7 Å². The average Bonchev–Trinajstić information content (AvgIpc) is 3.19. The number of aliphatic hydroxyl groups excluding tert-OH is 1. The van der Waals surface area contributed by atoms with Crippen LogP contribution in [0.2, 0.25) is 0 Å². The Balaban J connectivity index is 1.98. The number of ether oxygens (including phenoxy) is 3. The van der Waals surface area contributed by atoms with Crippen molar-refractivity contribution in [1.82, 2.24) is 0 Å². The lowest BCUT2D eigenvalue weighted by Gasteiger charge is -2.48. The molecule has 2 fully saturated rings. The lowest BCUT2D eigenvalue weighted by atomic mass is 9.74. The molecule has 2 saturated heterocycles. The summed E-state index contributed by atoms with van der Waals surface area (Å²) < 4.78 is 16.5. The smallest absolute Gasteiger partial charge is 0.344 e. The Hall–Kier alpha value is -3.58. The first-order chi connectivity index (χ1) is 21.0. The van der Waals surface area contributed by atoms with E-state index >= 15 is 0 Å². The maximum atomic E-state index is 12.9. The van der Waals surface area contributed by atoms with E-state index in [1.165, 1.54) is 6.08 Å². The number of benzene rings is 1. The minimum Gasteiger partial charge on any atom is -0.479 e. The second-order valence-electron chi connectivity index (χ2n) is 12.5. The summed E-state index contributed by atoms with van der Waals surface area (Å²) in [7, 11) is 0. The molecular weight excluding hydrogens is 588 g/mol. The SMILES string of the molecule is CC[C@H](C)C[C@H](C)/C=C/C(=O)O[C@@H]1[C@@H](O)[C@]2(C/C=C(\C)C[C@H](C)Cc3ccccc3)O[C@H](C(=O)O)[C@@](O)(C(=O)O)[C@@]1(C(=O)O)O2. The third kappa shape index (κ3) is 7.14. The minimum absolute atomic E-state index is 0.0793. The largest absolute Gasteiger partial charge is 0.479 e. The van der Waals surface area contributed by atoms with E-state index in [1.54, 1.807) is 13.0 Å². The van der Waals surface area contributed by atoms with Crippen LogP contribution in [0.25, 0.3) is 0 Å². The Morgan fingerprint density at radius 2 is 1.67 bits per heavy atom. The molecule has 0 unspecified atom stereocenters. The van der Waals surface area contributed by atoms with Crippen LogP contribution >= 0.6 is 0 Å². The first kappa shape index (κ1) is 35.9. The van der Waals surface area contributed by atoms with E-state index in [2.05, 4.69) is 0 Å². The minimum atomic E-state index is -3.81. The van der Waals surface area contributed by atoms with Crippen LogP contribution < -0.4 is 0 Å². The summed E-state index contributed by atoms with van der Waals surface area (Å²) in [5.74, 6) is -9.71. The standard InChI is InChI=1S/C33H44O12/c1-6-19(2)16-20(3)12-13-24(34)43-26-25(35)31(15-14-21(4)17-22(5)18-23-10-8-7-9-11-23)44-27(28(36)37)32(42,29(38)39)33(26,45-31)30(40)41/h7-14,19-20,22,25-27,35,42H,6,15-18H2,1-5H3,(H,36,37)(H,38,39)(H,40,41)/b13-12+,21-14+/t19-,20+,22-,25+,26+,27+,31+,32+,33+/m0/s1. The van der Waals surface area contributed by atoms with Gasteiger partial charge in [0.25, 0.3) is 0 Å². The highest BCUT2D eigenvalue weighted by Crippen LogP contribution is 2.55. The van der Waals surface area contributed by atoms with E-state index in [0.717, 1.165) is 36.5 Å². The van der Waals surface area contributed by atoms with E-state index in [1.807, 2.05) is 58.0 Å². The second-order valence-corrected chi connectivity index (χ2v) is 12.5. The zero-order valence-corrected chi connectivity index (χ0v) is 26.2. The number of carboxylic acid groups (broad SMARTS) is 3. The zero-order chi connectivity index (χ0) is 33.7. The highest BCUT2D eigenvalue weighted by Gasteiger charge is 2.85. The molecule has 0 saturated carbocycles. The number of aliphatic carboxylic acids is 3. The Labute approximate surface area is 262 Å². The van der Waals surface area contributed by atoms with Crippen LogP contribution in [0.15, 0.2) is 54.1 Å². The monoisotopic (exact) mass is 632 g/mol. The van der Waals surface area contributed by atoms with Gasteiger partial charge in [0.15, 0.2) is 6.10 Å². The first-order valence-corrected chi connectivity index (χ1v) is 15.1. The fraction of sp³-hybridized carbons (Fsp3) is 0.576. The lowest BCUT2D eigenvalue weighted by molar-refractivity contribution is -0.371. The summed E-state index contributed by atoms with van der Waals surface area (Å²) in [5, 5.41) is 53.1. The lowest BCUT2D eigenvalue weighted by Crippen LogP contribution is -2.78. The molecule has 0 spiro atoms. The van der Waals surface area contributed by atoms with Gasteiger partial charge in [-0.1, -0.05) is 82.2 Å². The molecule has 5 N–H and O–H groups in total. The predicted octanol–water partition coefficient (Wildman–Crippen LogP) is 3.34. The molecule has 3 rings (SSSR count). The van der Waals surface area contributed by atoms with Gasteiger partial charge in [-0.3, -0.25) is 0 Å². The predicted molar refractivity (Wildman–Crippen MR) is 160 cm³/mol. The number of carbonyl (C=O) groups excluding carboxylic acids is 1. The molecule has 0 aromatic heterocycles. The van der Waals surface area contributed by atoms with E-state index in [0.29, 0.717) is 12.3 Å². The Kier molecular flexibility index (Phi) is 11.4. The van der Waals surface area contributed by atoms with Gasteiger partial charge in [0.1, 0.15) is 6.10 Å². The molecule has 1 aromatic carbocycles. The topological polar surface area (TPSA) is 197 Å². The van der Waals surface area contributed by atoms with Gasteiger partial charge in [-0.05, 0) is 49.5 Å². The summed E-state index contributed by atoms with van der Waals surface area (Å²) in [4.78, 5) is 50.5. The molecular formula is C33H44O12. The van der Waals surface area contributed by atoms with Gasteiger partial charge in [-0.2, -0.15) is 0 Å². The van der Waals surface area contributed by atoms with Gasteiger partial charge < -0.3 is 39.7 Å². The number of aliphatic hydroxyl groups is 2. The van der Waals surface area contributed by atoms with Crippen molar-refractivity contribution in [2.45, 2.75) is 102 Å². The van der Waals surface area contributed by atoms with Gasteiger partial charge in [-0.25, -0.2) is 19.2 Å². The summed E-state index contributed by atoms with van der Waals surface area (Å²) in [6, 6.07) is 9.77. The van der Waals surface area contributed by atoms with Crippen LogP contribution in [0, 0.1) is 17.8 Å². The molecule has 0 aliphatic carbocycles. The summed E-state index contributed by atoms with van der Waals surface area (Å²) >= 11 is 0. The number of carbonyl (C=O) groups is 4. The van der Waals surface area contributed by atoms with Crippen molar-refractivity contribution in [3.63, 3.8) is 0 Å². The van der Waals surface area contributed by atoms with Gasteiger partial charge in [0.2, 0.25) is 23.1 Å². The fourth-order valence-corrected chi connectivity index (χ4v) is 6.22. The van der Waals surface area contributed by atoms with Gasteiger partial charge in [0, 0.05) is 12.5 Å². The maximum absolute atomic E-state index is 12.9. The van der Waals surface area contributed by atoms with Crippen molar-refractivity contribution < 1.29 is 58.9 Å². The number of esters is 1. The van der Waals surface area contributed by atoms with E-state index in [4.69, 9.17) is 14.2 Å². The van der Waals surface area contributed by atoms with Crippen molar-refractivity contribution in [1.29, 1.82) is 0 Å². The molecule has 12 nitrogen and oxygen atoms in total. The normalized spacial score (nSPS) is 31.7. The summed E-state index contributed by atoms with van der Waals surface area (Å²) in [6.45, 7) is 9.72. The molecule has 248 valence electrons. The molecule has 9 atom stereocenters. The number of fused-ring (bicyclic) bond motifs is 2. The molecule has 2 bridgehead atoms. The summed E-state index contributed by atoms with van der Waals surface area (Å²) in [6.07, 6.45) is -0.673. The first-order valence-electron chi connectivity index (χ1n) is 15.1. The van der Waals surface area contributed by atoms with Crippen LogP contribution in [0.4, 0.5) is 0 Å². The number of rotatable bonds is 15. The van der Waals surface area contributed by atoms with Crippen LogP contribution in [0.3, 0.4) is 0 Å². The number of hydrogen-bond acceptors (Lipinski definition) is 9. The maximum Gasteiger partial charge on any atom is 0.344 e. The van der Waals surface area contributed by atoms with Gasteiger partial charge in [-0.15, -0.1) is 0 Å². The molecule has 0 radical (unpaired) electrons. The molecule has 12 heteroatoms. The van der Waals surface area contributed by atoms with Crippen LogP contribution in [0.5, 0.6) is 0 Å². The van der Waals surface area contributed by atoms with Gasteiger partial charge in [0.05, 0.1) is 0 Å². The van der Waals surface area contributed by atoms with E-state index in [-0.39, 0.29) is 11.8 Å². The average molecular weight is 633 g/mol. The number of carboxylic acids is 3. The third-order valence-corrected chi connectivity index (χ3v) is 8.71. The molecule has 1 aromatic rings.